The van der Waals surface area contributed by atoms with Crippen LogP contribution in [0.3, 0.4) is 0 Å². The zero-order chi connectivity index (χ0) is 17.7. The summed E-state index contributed by atoms with van der Waals surface area (Å²) >= 11 is 0. The maximum Gasteiger partial charge on any atom is 0.263 e. The van der Waals surface area contributed by atoms with Gasteiger partial charge in [0.1, 0.15) is 5.76 Å². The summed E-state index contributed by atoms with van der Waals surface area (Å²) in [6.07, 6.45) is 9.00. The highest BCUT2D eigenvalue weighted by Crippen LogP contribution is 2.28. The third-order valence-electron chi connectivity index (χ3n) is 4.82. The van der Waals surface area contributed by atoms with Gasteiger partial charge >= 0.3 is 0 Å². The Kier molecular flexibility index (Phi) is 5.78. The van der Waals surface area contributed by atoms with Gasteiger partial charge in [-0.05, 0) is 36.5 Å². The molecule has 0 radical (unpaired) electrons. The first-order chi connectivity index (χ1) is 12.1. The van der Waals surface area contributed by atoms with Crippen molar-refractivity contribution in [2.45, 2.75) is 63.2 Å². The van der Waals surface area contributed by atoms with E-state index in [4.69, 9.17) is 4.52 Å². The smallest absolute Gasteiger partial charge is 0.263 e. The zero-order valence-electron chi connectivity index (χ0n) is 14.7. The van der Waals surface area contributed by atoms with Crippen molar-refractivity contribution in [2.75, 3.05) is 4.72 Å². The van der Waals surface area contributed by atoms with Crippen LogP contribution in [0.1, 0.15) is 56.8 Å². The first kappa shape index (κ1) is 18.0. The van der Waals surface area contributed by atoms with E-state index in [1.54, 1.807) is 18.2 Å². The van der Waals surface area contributed by atoms with Crippen molar-refractivity contribution in [2.24, 2.45) is 5.92 Å². The van der Waals surface area contributed by atoms with Gasteiger partial charge in [-0.3, -0.25) is 4.72 Å². The van der Waals surface area contributed by atoms with Gasteiger partial charge in [0.15, 0.2) is 5.82 Å². The second-order valence-electron chi connectivity index (χ2n) is 6.89. The molecule has 0 unspecified atom stereocenters. The molecule has 1 heterocycles. The monoisotopic (exact) mass is 362 g/mol. The Hall–Kier alpha value is -1.82. The van der Waals surface area contributed by atoms with Gasteiger partial charge in [-0.1, -0.05) is 56.3 Å². The third kappa shape index (κ3) is 4.84. The summed E-state index contributed by atoms with van der Waals surface area (Å²) in [5, 5.41) is 3.86. The summed E-state index contributed by atoms with van der Waals surface area (Å²) in [5.74, 6) is 1.63. The third-order valence-corrected chi connectivity index (χ3v) is 6.19. The van der Waals surface area contributed by atoms with E-state index in [2.05, 4.69) is 16.8 Å². The molecule has 136 valence electrons. The Morgan fingerprint density at radius 1 is 1.20 bits per heavy atom. The quantitative estimate of drug-likeness (QED) is 0.748. The second-order valence-corrected chi connectivity index (χ2v) is 8.57. The molecule has 25 heavy (non-hydrogen) atoms. The number of nitrogens with one attached hydrogen (secondary N) is 1. The van der Waals surface area contributed by atoms with Gasteiger partial charge in [0.25, 0.3) is 10.0 Å². The summed E-state index contributed by atoms with van der Waals surface area (Å²) in [6, 6.07) is 8.74. The molecule has 0 aliphatic heterocycles. The van der Waals surface area contributed by atoms with Crippen molar-refractivity contribution in [3.8, 4) is 0 Å². The molecule has 1 aliphatic carbocycles. The van der Waals surface area contributed by atoms with Gasteiger partial charge in [0.2, 0.25) is 0 Å². The summed E-state index contributed by atoms with van der Waals surface area (Å²) in [7, 11) is -3.64. The minimum Gasteiger partial charge on any atom is -0.359 e. The maximum atomic E-state index is 12.5. The van der Waals surface area contributed by atoms with Gasteiger partial charge in [-0.2, -0.15) is 0 Å². The highest BCUT2D eigenvalue weighted by molar-refractivity contribution is 7.92. The van der Waals surface area contributed by atoms with Gasteiger partial charge < -0.3 is 4.52 Å². The lowest BCUT2D eigenvalue weighted by Crippen LogP contribution is -2.13. The number of anilines is 1. The summed E-state index contributed by atoms with van der Waals surface area (Å²) in [4.78, 5) is 0.244. The van der Waals surface area contributed by atoms with Crippen molar-refractivity contribution in [1.82, 2.24) is 5.16 Å². The lowest BCUT2D eigenvalue weighted by Gasteiger charge is -2.06. The summed E-state index contributed by atoms with van der Waals surface area (Å²) in [6.45, 7) is 2.14. The SMILES string of the molecule is CCCCc1ccc(S(=O)(=O)Nc2cc(CC3CCCC3)on2)cc1. The lowest BCUT2D eigenvalue weighted by molar-refractivity contribution is 0.361. The van der Waals surface area contributed by atoms with E-state index in [-0.39, 0.29) is 10.7 Å². The van der Waals surface area contributed by atoms with Crippen LogP contribution in [0.2, 0.25) is 0 Å². The molecule has 3 rings (SSSR count). The highest BCUT2D eigenvalue weighted by atomic mass is 32.2. The largest absolute Gasteiger partial charge is 0.359 e. The average molecular weight is 362 g/mol. The number of sulfonamides is 1. The van der Waals surface area contributed by atoms with E-state index in [0.717, 1.165) is 37.0 Å². The van der Waals surface area contributed by atoms with Crippen LogP contribution in [0.4, 0.5) is 5.82 Å². The van der Waals surface area contributed by atoms with Crippen molar-refractivity contribution in [1.29, 1.82) is 0 Å². The number of rotatable bonds is 8. The van der Waals surface area contributed by atoms with E-state index in [0.29, 0.717) is 5.92 Å². The Morgan fingerprint density at radius 3 is 2.60 bits per heavy atom. The zero-order valence-corrected chi connectivity index (χ0v) is 15.5. The first-order valence-electron chi connectivity index (χ1n) is 9.14. The molecule has 2 aromatic rings. The number of aromatic nitrogens is 1. The number of hydrogen-bond donors (Lipinski definition) is 1. The minimum absolute atomic E-state index is 0.244. The molecule has 1 fully saturated rings. The van der Waals surface area contributed by atoms with Crippen LogP contribution in [-0.4, -0.2) is 13.6 Å². The van der Waals surface area contributed by atoms with E-state index >= 15 is 0 Å². The normalized spacial score (nSPS) is 15.6. The molecule has 0 bridgehead atoms. The minimum atomic E-state index is -3.64. The van der Waals surface area contributed by atoms with Crippen molar-refractivity contribution < 1.29 is 12.9 Å². The number of hydrogen-bond acceptors (Lipinski definition) is 4. The van der Waals surface area contributed by atoms with E-state index in [9.17, 15) is 8.42 Å². The van der Waals surface area contributed by atoms with Crippen LogP contribution in [0.15, 0.2) is 39.8 Å². The fourth-order valence-electron chi connectivity index (χ4n) is 3.37. The first-order valence-corrected chi connectivity index (χ1v) is 10.6. The fourth-order valence-corrected chi connectivity index (χ4v) is 4.35. The molecule has 1 saturated carbocycles. The molecule has 1 N–H and O–H groups in total. The van der Waals surface area contributed by atoms with E-state index in [1.807, 2.05) is 12.1 Å². The Balaban J connectivity index is 1.63. The number of benzene rings is 1. The van der Waals surface area contributed by atoms with Crippen LogP contribution in [0.25, 0.3) is 0 Å². The molecule has 1 aliphatic rings. The highest BCUT2D eigenvalue weighted by Gasteiger charge is 2.20. The predicted octanol–water partition coefficient (Wildman–Crippen LogP) is 4.55. The molecule has 0 atom stereocenters. The van der Waals surface area contributed by atoms with Crippen LogP contribution in [0, 0.1) is 5.92 Å². The topological polar surface area (TPSA) is 72.2 Å². The molecule has 1 aromatic heterocycles. The van der Waals surface area contributed by atoms with Crippen LogP contribution in [-0.2, 0) is 22.9 Å². The molecular formula is C19H26N2O3S. The number of nitrogens with zero attached hydrogens (tertiary/aromatic N) is 1. The van der Waals surface area contributed by atoms with Gasteiger partial charge in [0, 0.05) is 12.5 Å². The molecule has 0 saturated heterocycles. The predicted molar refractivity (Wildman–Crippen MR) is 98.0 cm³/mol. The molecule has 6 heteroatoms. The van der Waals surface area contributed by atoms with Crippen molar-refractivity contribution in [3.05, 3.63) is 41.7 Å². The van der Waals surface area contributed by atoms with Crippen molar-refractivity contribution in [3.63, 3.8) is 0 Å². The van der Waals surface area contributed by atoms with Crippen LogP contribution >= 0.6 is 0 Å². The molecule has 0 amide bonds. The lowest BCUT2D eigenvalue weighted by atomic mass is 10.0. The average Bonchev–Trinajstić information content (AvgIpc) is 3.25. The van der Waals surface area contributed by atoms with E-state index in [1.165, 1.54) is 25.7 Å². The Morgan fingerprint density at radius 2 is 1.92 bits per heavy atom. The molecule has 1 aromatic carbocycles. The molecule has 0 spiro atoms. The van der Waals surface area contributed by atoms with Crippen LogP contribution in [0.5, 0.6) is 0 Å². The molecular weight excluding hydrogens is 336 g/mol. The maximum absolute atomic E-state index is 12.5. The van der Waals surface area contributed by atoms with Gasteiger partial charge in [-0.25, -0.2) is 8.42 Å². The van der Waals surface area contributed by atoms with E-state index < -0.39 is 10.0 Å². The number of aryl methyl sites for hydroxylation is 1. The molecule has 5 nitrogen and oxygen atoms in total. The number of unbranched alkanes of at least 4 members (excludes halogenated alkanes) is 1. The van der Waals surface area contributed by atoms with Crippen LogP contribution < -0.4 is 4.72 Å². The Labute approximate surface area is 149 Å². The summed E-state index contributed by atoms with van der Waals surface area (Å²) < 4.78 is 32.8. The summed E-state index contributed by atoms with van der Waals surface area (Å²) in [5.41, 5.74) is 1.15. The second kappa shape index (κ2) is 8.04. The van der Waals surface area contributed by atoms with Gasteiger partial charge in [0.05, 0.1) is 4.90 Å². The Bertz CT molecular complexity index is 775. The van der Waals surface area contributed by atoms with Gasteiger partial charge in [-0.15, -0.1) is 0 Å². The fraction of sp³-hybridized carbons (Fsp3) is 0.526. The van der Waals surface area contributed by atoms with Crippen molar-refractivity contribution >= 4 is 15.8 Å². The standard InChI is InChI=1S/C19H26N2O3S/c1-2-3-6-15-9-11-18(12-10-15)25(22,23)21-19-14-17(24-20-19)13-16-7-4-5-8-16/h9-12,14,16H,2-8,13H2,1H3,(H,20,21).